The highest BCUT2D eigenvalue weighted by Crippen LogP contribution is 2.12. The van der Waals surface area contributed by atoms with E-state index in [1.807, 2.05) is 0 Å². The fourth-order valence-corrected chi connectivity index (χ4v) is 0.821. The third-order valence-corrected chi connectivity index (χ3v) is 1.43. The summed E-state index contributed by atoms with van der Waals surface area (Å²) in [5.41, 5.74) is 0.386. The fraction of sp³-hybridized carbons (Fsp3) is 0.125. The monoisotopic (exact) mass is 168 g/mol. The number of aliphatic hydroxyl groups excluding tert-OH is 1. The summed E-state index contributed by atoms with van der Waals surface area (Å²) in [7, 11) is 0. The highest BCUT2D eigenvalue weighted by atomic mass is 17.1. The van der Waals surface area contributed by atoms with Gasteiger partial charge in [0, 0.05) is 0 Å². The number of carbonyl (C=O) groups excluding carboxylic acids is 1. The zero-order valence-corrected chi connectivity index (χ0v) is 6.18. The van der Waals surface area contributed by atoms with E-state index in [9.17, 15) is 4.79 Å². The van der Waals surface area contributed by atoms with Crippen LogP contribution in [0.15, 0.2) is 30.3 Å². The molecule has 0 aliphatic carbocycles. The van der Waals surface area contributed by atoms with Crippen molar-refractivity contribution in [3.05, 3.63) is 35.9 Å². The quantitative estimate of drug-likeness (QED) is 0.504. The van der Waals surface area contributed by atoms with Gasteiger partial charge in [-0.25, -0.2) is 4.79 Å². The van der Waals surface area contributed by atoms with Gasteiger partial charge in [0.25, 0.3) is 0 Å². The minimum Gasteiger partial charge on any atom is -0.377 e. The van der Waals surface area contributed by atoms with Crippen LogP contribution in [0, 0.1) is 0 Å². The average Bonchev–Trinajstić information content (AvgIpc) is 2.17. The van der Waals surface area contributed by atoms with Crippen molar-refractivity contribution in [3.63, 3.8) is 0 Å². The zero-order chi connectivity index (χ0) is 8.97. The summed E-state index contributed by atoms with van der Waals surface area (Å²) >= 11 is 0. The van der Waals surface area contributed by atoms with E-state index < -0.39 is 12.1 Å². The van der Waals surface area contributed by atoms with Crippen molar-refractivity contribution in [3.8, 4) is 0 Å². The van der Waals surface area contributed by atoms with Crippen LogP contribution in [0.1, 0.15) is 11.7 Å². The second-order valence-corrected chi connectivity index (χ2v) is 2.22. The molecule has 0 aromatic heterocycles. The Morgan fingerprint density at radius 2 is 1.92 bits per heavy atom. The predicted octanol–water partition coefficient (Wildman–Crippen LogP) is 0.736. The number of benzene rings is 1. The van der Waals surface area contributed by atoms with Crippen LogP contribution in [-0.2, 0) is 9.68 Å². The molecule has 4 nitrogen and oxygen atoms in total. The first kappa shape index (κ1) is 8.70. The third-order valence-electron chi connectivity index (χ3n) is 1.43. The van der Waals surface area contributed by atoms with E-state index in [4.69, 9.17) is 10.4 Å². The summed E-state index contributed by atoms with van der Waals surface area (Å²) < 4.78 is 0. The highest BCUT2D eigenvalue weighted by Gasteiger charge is 2.18. The largest absolute Gasteiger partial charge is 0.377 e. The molecule has 1 rings (SSSR count). The number of hydrogen-bond acceptors (Lipinski definition) is 4. The maximum atomic E-state index is 10.6. The molecule has 4 heteroatoms. The lowest BCUT2D eigenvalue weighted by atomic mass is 10.1. The molecule has 64 valence electrons. The molecule has 1 aromatic carbocycles. The number of aliphatic hydroxyl groups is 1. The lowest BCUT2D eigenvalue weighted by Gasteiger charge is -2.05. The Bertz CT molecular complexity index is 257. The van der Waals surface area contributed by atoms with Gasteiger partial charge in [-0.05, 0) is 5.56 Å². The lowest BCUT2D eigenvalue weighted by molar-refractivity contribution is -0.243. The molecule has 0 unspecified atom stereocenters. The van der Waals surface area contributed by atoms with E-state index in [2.05, 4.69) is 4.89 Å². The fourth-order valence-electron chi connectivity index (χ4n) is 0.821. The molecule has 0 aliphatic rings. The van der Waals surface area contributed by atoms with Crippen molar-refractivity contribution >= 4 is 5.97 Å². The van der Waals surface area contributed by atoms with Crippen LogP contribution in [0.4, 0.5) is 0 Å². The molecule has 1 aromatic rings. The molecule has 0 spiro atoms. The molecule has 0 bridgehead atoms. The number of hydrogen-bond donors (Lipinski definition) is 2. The first-order valence-corrected chi connectivity index (χ1v) is 3.34. The summed E-state index contributed by atoms with van der Waals surface area (Å²) in [5, 5.41) is 17.1. The minimum atomic E-state index is -1.42. The van der Waals surface area contributed by atoms with E-state index in [-0.39, 0.29) is 0 Å². The minimum absolute atomic E-state index is 0.386. The van der Waals surface area contributed by atoms with E-state index >= 15 is 0 Å². The topological polar surface area (TPSA) is 66.8 Å². The molecule has 0 saturated carbocycles. The van der Waals surface area contributed by atoms with Crippen molar-refractivity contribution < 1.29 is 20.0 Å². The van der Waals surface area contributed by atoms with Gasteiger partial charge in [0.1, 0.15) is 0 Å². The first-order chi connectivity index (χ1) is 5.75. The second kappa shape index (κ2) is 3.85. The van der Waals surface area contributed by atoms with Crippen molar-refractivity contribution in [2.75, 3.05) is 0 Å². The molecule has 0 saturated heterocycles. The van der Waals surface area contributed by atoms with Crippen LogP contribution in [0.3, 0.4) is 0 Å². The summed E-state index contributed by atoms with van der Waals surface area (Å²) in [6, 6.07) is 8.20. The van der Waals surface area contributed by atoms with Gasteiger partial charge in [-0.3, -0.25) is 4.89 Å². The van der Waals surface area contributed by atoms with Gasteiger partial charge in [-0.1, -0.05) is 30.3 Å². The molecule has 12 heavy (non-hydrogen) atoms. The molecule has 0 heterocycles. The predicted molar refractivity (Wildman–Crippen MR) is 40.1 cm³/mol. The molecule has 0 aliphatic heterocycles. The van der Waals surface area contributed by atoms with Gasteiger partial charge in [0.2, 0.25) is 0 Å². The highest BCUT2D eigenvalue weighted by molar-refractivity contribution is 5.75. The van der Waals surface area contributed by atoms with Gasteiger partial charge in [0.05, 0.1) is 0 Å². The Balaban J connectivity index is 2.78. The van der Waals surface area contributed by atoms with Gasteiger partial charge >= 0.3 is 5.97 Å². The van der Waals surface area contributed by atoms with Gasteiger partial charge < -0.3 is 5.11 Å². The molecule has 0 amide bonds. The SMILES string of the molecule is O=C(OO)[C@@H](O)c1ccccc1. The Morgan fingerprint density at radius 3 is 2.42 bits per heavy atom. The third kappa shape index (κ3) is 1.81. The van der Waals surface area contributed by atoms with Crippen LogP contribution in [0.2, 0.25) is 0 Å². The summed E-state index contributed by atoms with van der Waals surface area (Å²) in [5.74, 6) is -1.08. The van der Waals surface area contributed by atoms with E-state index in [0.717, 1.165) is 0 Å². The number of carbonyl (C=O) groups is 1. The lowest BCUT2D eigenvalue weighted by Crippen LogP contribution is -2.13. The zero-order valence-electron chi connectivity index (χ0n) is 6.18. The first-order valence-electron chi connectivity index (χ1n) is 3.34. The van der Waals surface area contributed by atoms with Crippen LogP contribution < -0.4 is 0 Å². The Labute approximate surface area is 69.0 Å². The average molecular weight is 168 g/mol. The van der Waals surface area contributed by atoms with Crippen LogP contribution >= 0.6 is 0 Å². The van der Waals surface area contributed by atoms with Crippen molar-refractivity contribution in [2.24, 2.45) is 0 Å². The number of rotatable bonds is 2. The molecule has 1 atom stereocenters. The maximum Gasteiger partial charge on any atom is 0.374 e. The molecule has 2 N–H and O–H groups in total. The Morgan fingerprint density at radius 1 is 1.33 bits per heavy atom. The second-order valence-electron chi connectivity index (χ2n) is 2.22. The normalized spacial score (nSPS) is 12.2. The van der Waals surface area contributed by atoms with E-state index in [0.29, 0.717) is 5.56 Å². The summed E-state index contributed by atoms with van der Waals surface area (Å²) in [4.78, 5) is 14.0. The Hall–Kier alpha value is -1.39. The molecular formula is C8H8O4. The van der Waals surface area contributed by atoms with Crippen molar-refractivity contribution in [1.29, 1.82) is 0 Å². The maximum absolute atomic E-state index is 10.6. The van der Waals surface area contributed by atoms with E-state index in [1.54, 1.807) is 30.3 Å². The van der Waals surface area contributed by atoms with Crippen molar-refractivity contribution in [1.82, 2.24) is 0 Å². The molecule has 0 radical (unpaired) electrons. The van der Waals surface area contributed by atoms with Gasteiger partial charge in [-0.2, -0.15) is 5.26 Å². The summed E-state index contributed by atoms with van der Waals surface area (Å²) in [6.07, 6.45) is -1.42. The Kier molecular flexibility index (Phi) is 2.79. The smallest absolute Gasteiger partial charge is 0.374 e. The van der Waals surface area contributed by atoms with Crippen LogP contribution in [-0.4, -0.2) is 16.3 Å². The standard InChI is InChI=1S/C8H8O4/c9-7(8(10)12-11)6-4-2-1-3-5-6/h1-5,7,9,11H/t7-/m0/s1. The van der Waals surface area contributed by atoms with E-state index in [1.165, 1.54) is 0 Å². The molecular weight excluding hydrogens is 160 g/mol. The van der Waals surface area contributed by atoms with Crippen LogP contribution in [0.25, 0.3) is 0 Å². The summed E-state index contributed by atoms with van der Waals surface area (Å²) in [6.45, 7) is 0. The van der Waals surface area contributed by atoms with Crippen molar-refractivity contribution in [2.45, 2.75) is 6.10 Å². The van der Waals surface area contributed by atoms with Crippen LogP contribution in [0.5, 0.6) is 0 Å². The van der Waals surface area contributed by atoms with Gasteiger partial charge in [-0.15, -0.1) is 0 Å². The van der Waals surface area contributed by atoms with Gasteiger partial charge in [0.15, 0.2) is 6.10 Å². The molecule has 0 fully saturated rings.